The summed E-state index contributed by atoms with van der Waals surface area (Å²) < 4.78 is 0. The van der Waals surface area contributed by atoms with Crippen LogP contribution in [0.1, 0.15) is 17.3 Å². The molecule has 1 N–H and O–H groups in total. The van der Waals surface area contributed by atoms with Crippen molar-refractivity contribution in [3.8, 4) is 0 Å². The molecule has 0 saturated carbocycles. The number of anilines is 2. The summed E-state index contributed by atoms with van der Waals surface area (Å²) in [5, 5.41) is 2.87. The number of piperazine rings is 1. The molecule has 1 aromatic heterocycles. The Kier molecular flexibility index (Phi) is 4.74. The number of hydrogen-bond donors (Lipinski definition) is 1. The van der Waals surface area contributed by atoms with E-state index in [1.54, 1.807) is 31.5 Å². The van der Waals surface area contributed by atoms with Crippen LogP contribution in [0, 0.1) is 0 Å². The van der Waals surface area contributed by atoms with Crippen LogP contribution in [0.25, 0.3) is 0 Å². The molecule has 1 aliphatic heterocycles. The van der Waals surface area contributed by atoms with Crippen molar-refractivity contribution in [3.05, 3.63) is 54.4 Å². The Hall–Kier alpha value is -2.89. The van der Waals surface area contributed by atoms with E-state index in [1.165, 1.54) is 0 Å². The number of hydrogen-bond acceptors (Lipinski definition) is 4. The fourth-order valence-electron chi connectivity index (χ4n) is 2.74. The zero-order valence-corrected chi connectivity index (χ0v) is 13.6. The third-order valence-electron chi connectivity index (χ3n) is 4.16. The molecular formula is C18H20N4O2. The number of nitrogens with zero attached hydrogens (tertiary/aromatic N) is 3. The van der Waals surface area contributed by atoms with Crippen molar-refractivity contribution < 1.29 is 9.59 Å². The van der Waals surface area contributed by atoms with Crippen LogP contribution in [0.3, 0.4) is 0 Å². The van der Waals surface area contributed by atoms with E-state index in [-0.39, 0.29) is 11.8 Å². The van der Waals surface area contributed by atoms with Crippen molar-refractivity contribution in [2.45, 2.75) is 6.92 Å². The summed E-state index contributed by atoms with van der Waals surface area (Å²) in [4.78, 5) is 31.5. The molecule has 2 heterocycles. The van der Waals surface area contributed by atoms with Gasteiger partial charge in [0.2, 0.25) is 5.91 Å². The van der Waals surface area contributed by atoms with Gasteiger partial charge in [0.1, 0.15) is 0 Å². The van der Waals surface area contributed by atoms with Gasteiger partial charge in [-0.3, -0.25) is 14.6 Å². The van der Waals surface area contributed by atoms with Gasteiger partial charge < -0.3 is 15.1 Å². The van der Waals surface area contributed by atoms with Gasteiger partial charge >= 0.3 is 0 Å². The summed E-state index contributed by atoms with van der Waals surface area (Å²) in [5.41, 5.74) is 2.43. The zero-order chi connectivity index (χ0) is 16.9. The second-order valence-corrected chi connectivity index (χ2v) is 5.73. The van der Waals surface area contributed by atoms with Gasteiger partial charge in [0, 0.05) is 62.4 Å². The summed E-state index contributed by atoms with van der Waals surface area (Å²) >= 11 is 0. The van der Waals surface area contributed by atoms with Gasteiger partial charge in [-0.25, -0.2) is 0 Å². The molecule has 6 heteroatoms. The standard InChI is InChI=1S/C18H20N4O2/c1-14(23)21-10-12-22(13-11-21)17-4-2-16(3-5-17)20-18(24)15-6-8-19-9-7-15/h2-9H,10-13H2,1H3,(H,20,24). The number of nitrogens with one attached hydrogen (secondary N) is 1. The minimum Gasteiger partial charge on any atom is -0.368 e. The third-order valence-corrected chi connectivity index (χ3v) is 4.16. The topological polar surface area (TPSA) is 65.5 Å². The maximum absolute atomic E-state index is 12.1. The van der Waals surface area contributed by atoms with Crippen LogP contribution in [0.5, 0.6) is 0 Å². The Morgan fingerprint density at radius 1 is 0.958 bits per heavy atom. The van der Waals surface area contributed by atoms with Crippen molar-refractivity contribution in [1.82, 2.24) is 9.88 Å². The highest BCUT2D eigenvalue weighted by Crippen LogP contribution is 2.20. The van der Waals surface area contributed by atoms with Gasteiger partial charge in [0.15, 0.2) is 0 Å². The number of pyridine rings is 1. The minimum absolute atomic E-state index is 0.129. The molecule has 1 aromatic carbocycles. The molecule has 1 fully saturated rings. The predicted molar refractivity (Wildman–Crippen MR) is 93.1 cm³/mol. The van der Waals surface area contributed by atoms with Crippen LogP contribution >= 0.6 is 0 Å². The van der Waals surface area contributed by atoms with E-state index in [0.29, 0.717) is 5.56 Å². The molecule has 1 aliphatic rings. The van der Waals surface area contributed by atoms with Crippen molar-refractivity contribution in [3.63, 3.8) is 0 Å². The van der Waals surface area contributed by atoms with E-state index >= 15 is 0 Å². The van der Waals surface area contributed by atoms with Gasteiger partial charge in [0.05, 0.1) is 0 Å². The van der Waals surface area contributed by atoms with Gasteiger partial charge in [0.25, 0.3) is 5.91 Å². The van der Waals surface area contributed by atoms with E-state index in [0.717, 1.165) is 37.6 Å². The SMILES string of the molecule is CC(=O)N1CCN(c2ccc(NC(=O)c3ccncc3)cc2)CC1. The fourth-order valence-corrected chi connectivity index (χ4v) is 2.74. The first-order valence-electron chi connectivity index (χ1n) is 7.95. The normalized spacial score (nSPS) is 14.4. The van der Waals surface area contributed by atoms with E-state index in [4.69, 9.17) is 0 Å². The average Bonchev–Trinajstić information content (AvgIpc) is 2.63. The quantitative estimate of drug-likeness (QED) is 0.938. The third kappa shape index (κ3) is 3.71. The molecule has 0 bridgehead atoms. The van der Waals surface area contributed by atoms with E-state index in [9.17, 15) is 9.59 Å². The highest BCUT2D eigenvalue weighted by molar-refractivity contribution is 6.04. The van der Waals surface area contributed by atoms with Gasteiger partial charge in [-0.2, -0.15) is 0 Å². The number of rotatable bonds is 3. The number of aromatic nitrogens is 1. The maximum Gasteiger partial charge on any atom is 0.255 e. The first-order valence-corrected chi connectivity index (χ1v) is 7.95. The van der Waals surface area contributed by atoms with Crippen LogP contribution in [0.2, 0.25) is 0 Å². The van der Waals surface area contributed by atoms with Crippen molar-refractivity contribution in [2.24, 2.45) is 0 Å². The summed E-state index contributed by atoms with van der Waals surface area (Å²) in [6.07, 6.45) is 3.19. The Balaban J connectivity index is 1.60. The van der Waals surface area contributed by atoms with E-state index in [1.807, 2.05) is 29.2 Å². The molecule has 0 atom stereocenters. The van der Waals surface area contributed by atoms with E-state index in [2.05, 4.69) is 15.2 Å². The molecule has 2 amide bonds. The highest BCUT2D eigenvalue weighted by Gasteiger charge is 2.18. The number of carbonyl (C=O) groups excluding carboxylic acids is 2. The Morgan fingerprint density at radius 3 is 2.17 bits per heavy atom. The van der Waals surface area contributed by atoms with Crippen molar-refractivity contribution in [2.75, 3.05) is 36.4 Å². The second-order valence-electron chi connectivity index (χ2n) is 5.73. The van der Waals surface area contributed by atoms with Crippen molar-refractivity contribution >= 4 is 23.2 Å². The second kappa shape index (κ2) is 7.12. The highest BCUT2D eigenvalue weighted by atomic mass is 16.2. The minimum atomic E-state index is -0.153. The Morgan fingerprint density at radius 2 is 1.58 bits per heavy atom. The predicted octanol–water partition coefficient (Wildman–Crippen LogP) is 2.00. The maximum atomic E-state index is 12.1. The first kappa shape index (κ1) is 16.0. The zero-order valence-electron chi connectivity index (χ0n) is 13.6. The number of carbonyl (C=O) groups is 2. The molecule has 0 radical (unpaired) electrons. The van der Waals surface area contributed by atoms with E-state index < -0.39 is 0 Å². The van der Waals surface area contributed by atoms with Gasteiger partial charge in [-0.15, -0.1) is 0 Å². The lowest BCUT2D eigenvalue weighted by Crippen LogP contribution is -2.48. The average molecular weight is 324 g/mol. The summed E-state index contributed by atoms with van der Waals surface area (Å²) in [6.45, 7) is 4.74. The van der Waals surface area contributed by atoms with Crippen molar-refractivity contribution in [1.29, 1.82) is 0 Å². The van der Waals surface area contributed by atoms with Gasteiger partial charge in [-0.05, 0) is 36.4 Å². The molecule has 0 unspecified atom stereocenters. The summed E-state index contributed by atoms with van der Waals surface area (Å²) in [7, 11) is 0. The lowest BCUT2D eigenvalue weighted by molar-refractivity contribution is -0.129. The monoisotopic (exact) mass is 324 g/mol. The summed E-state index contributed by atoms with van der Waals surface area (Å²) in [5.74, 6) is -0.0240. The van der Waals surface area contributed by atoms with Gasteiger partial charge in [-0.1, -0.05) is 0 Å². The van der Waals surface area contributed by atoms with Crippen LogP contribution in [0.15, 0.2) is 48.8 Å². The molecule has 6 nitrogen and oxygen atoms in total. The summed E-state index contributed by atoms with van der Waals surface area (Å²) in [6, 6.07) is 11.1. The molecule has 2 aromatic rings. The number of amides is 2. The molecule has 24 heavy (non-hydrogen) atoms. The Bertz CT molecular complexity index is 708. The van der Waals surface area contributed by atoms with Crippen LogP contribution < -0.4 is 10.2 Å². The largest absolute Gasteiger partial charge is 0.368 e. The van der Waals surface area contributed by atoms with Crippen LogP contribution in [-0.2, 0) is 4.79 Å². The molecule has 0 aliphatic carbocycles. The van der Waals surface area contributed by atoms with Crippen LogP contribution in [-0.4, -0.2) is 47.9 Å². The first-order chi connectivity index (χ1) is 11.6. The molecule has 0 spiro atoms. The molecular weight excluding hydrogens is 304 g/mol. The molecule has 124 valence electrons. The Labute approximate surface area is 141 Å². The number of benzene rings is 1. The molecule has 3 rings (SSSR count). The molecule has 1 saturated heterocycles. The smallest absolute Gasteiger partial charge is 0.255 e. The fraction of sp³-hybridized carbons (Fsp3) is 0.278. The lowest BCUT2D eigenvalue weighted by atomic mass is 10.2. The van der Waals surface area contributed by atoms with Crippen LogP contribution in [0.4, 0.5) is 11.4 Å². The lowest BCUT2D eigenvalue weighted by Gasteiger charge is -2.35.